The van der Waals surface area contributed by atoms with Crippen molar-refractivity contribution in [3.8, 4) is 28.7 Å². The standard InChI is InChI=1S/C32H26F2N6O2/c33-17-24-9-12-36-32(38-24)40-13-10-20(11-14-40)19-37-30(41)22-5-7-23(8-6-22)31-39-28-16-21(18-35)15-26(29(28)42-31)25-3-1-2-4-27(25)34/h1-9,12,15-16,20H,10-11,13-14,17,19H2,(H,37,41). The molecule has 8 nitrogen and oxygen atoms in total. The summed E-state index contributed by atoms with van der Waals surface area (Å²) >= 11 is 0. The van der Waals surface area contributed by atoms with Crippen LogP contribution in [0, 0.1) is 23.1 Å². The number of hydrogen-bond acceptors (Lipinski definition) is 7. The molecule has 210 valence electrons. The van der Waals surface area contributed by atoms with Gasteiger partial charge in [-0.05, 0) is 67.3 Å². The van der Waals surface area contributed by atoms with E-state index < -0.39 is 12.5 Å². The van der Waals surface area contributed by atoms with Crippen LogP contribution in [0.15, 0.2) is 77.3 Å². The Bertz CT molecular complexity index is 1790. The summed E-state index contributed by atoms with van der Waals surface area (Å²) in [6, 6.07) is 20.1. The molecule has 0 bridgehead atoms. The van der Waals surface area contributed by atoms with Crippen molar-refractivity contribution in [3.05, 3.63) is 95.6 Å². The number of piperidine rings is 1. The van der Waals surface area contributed by atoms with E-state index in [-0.39, 0.29) is 5.91 Å². The summed E-state index contributed by atoms with van der Waals surface area (Å²) in [5.41, 5.74) is 3.45. The molecule has 2 aromatic heterocycles. The average molecular weight is 565 g/mol. The lowest BCUT2D eigenvalue weighted by atomic mass is 9.97. The lowest BCUT2D eigenvalue weighted by Gasteiger charge is -2.32. The summed E-state index contributed by atoms with van der Waals surface area (Å²) in [4.78, 5) is 28.0. The molecule has 0 spiro atoms. The molecule has 5 aromatic rings. The van der Waals surface area contributed by atoms with Gasteiger partial charge in [0, 0.05) is 48.1 Å². The third-order valence-corrected chi connectivity index (χ3v) is 7.46. The Morgan fingerprint density at radius 1 is 1.05 bits per heavy atom. The maximum atomic E-state index is 14.6. The fraction of sp³-hybridized carbons (Fsp3) is 0.219. The van der Waals surface area contributed by atoms with E-state index in [4.69, 9.17) is 4.42 Å². The van der Waals surface area contributed by atoms with Crippen LogP contribution in [-0.2, 0) is 6.67 Å². The normalized spacial score (nSPS) is 13.7. The van der Waals surface area contributed by atoms with Crippen LogP contribution in [0.25, 0.3) is 33.7 Å². The van der Waals surface area contributed by atoms with Crippen molar-refractivity contribution >= 4 is 23.0 Å². The van der Waals surface area contributed by atoms with Gasteiger partial charge in [0.15, 0.2) is 5.58 Å². The van der Waals surface area contributed by atoms with Crippen molar-refractivity contribution in [2.24, 2.45) is 5.92 Å². The van der Waals surface area contributed by atoms with Crippen LogP contribution in [0.3, 0.4) is 0 Å². The number of carbonyl (C=O) groups is 1. The Balaban J connectivity index is 1.11. The number of hydrogen-bond donors (Lipinski definition) is 1. The first-order valence-corrected chi connectivity index (χ1v) is 13.6. The zero-order valence-electron chi connectivity index (χ0n) is 22.6. The van der Waals surface area contributed by atoms with Crippen LogP contribution in [-0.4, -0.2) is 40.5 Å². The molecule has 1 aliphatic heterocycles. The maximum Gasteiger partial charge on any atom is 0.251 e. The number of anilines is 1. The number of halogens is 2. The molecule has 1 aliphatic rings. The quantitative estimate of drug-likeness (QED) is 0.255. The highest BCUT2D eigenvalue weighted by atomic mass is 19.1. The number of oxazole rings is 1. The summed E-state index contributed by atoms with van der Waals surface area (Å²) in [5, 5.41) is 12.5. The highest BCUT2D eigenvalue weighted by Crippen LogP contribution is 2.35. The van der Waals surface area contributed by atoms with Gasteiger partial charge in [-0.15, -0.1) is 0 Å². The molecular weight excluding hydrogens is 538 g/mol. The van der Waals surface area contributed by atoms with E-state index in [0.717, 1.165) is 25.9 Å². The molecule has 0 saturated carbocycles. The molecule has 3 aromatic carbocycles. The number of nitrogens with one attached hydrogen (secondary N) is 1. The molecule has 0 unspecified atom stereocenters. The van der Waals surface area contributed by atoms with Crippen LogP contribution < -0.4 is 10.2 Å². The van der Waals surface area contributed by atoms with Crippen LogP contribution in [0.1, 0.15) is 34.5 Å². The first-order valence-electron chi connectivity index (χ1n) is 13.6. The van der Waals surface area contributed by atoms with E-state index in [0.29, 0.717) is 68.9 Å². The van der Waals surface area contributed by atoms with Crippen molar-refractivity contribution in [1.82, 2.24) is 20.3 Å². The van der Waals surface area contributed by atoms with Gasteiger partial charge in [-0.2, -0.15) is 5.26 Å². The smallest absolute Gasteiger partial charge is 0.251 e. The fourth-order valence-corrected chi connectivity index (χ4v) is 5.15. The van der Waals surface area contributed by atoms with E-state index in [1.807, 2.05) is 4.90 Å². The number of benzene rings is 3. The molecule has 1 saturated heterocycles. The summed E-state index contributed by atoms with van der Waals surface area (Å²) < 4.78 is 33.6. The van der Waals surface area contributed by atoms with Gasteiger partial charge >= 0.3 is 0 Å². The number of fused-ring (bicyclic) bond motifs is 1. The van der Waals surface area contributed by atoms with Crippen LogP contribution in [0.4, 0.5) is 14.7 Å². The van der Waals surface area contributed by atoms with Gasteiger partial charge in [-0.25, -0.2) is 23.7 Å². The molecule has 6 rings (SSSR count). The van der Waals surface area contributed by atoms with Gasteiger partial charge in [0.05, 0.1) is 17.3 Å². The van der Waals surface area contributed by atoms with Crippen molar-refractivity contribution < 1.29 is 18.0 Å². The van der Waals surface area contributed by atoms with E-state index in [1.54, 1.807) is 66.9 Å². The Kier molecular flexibility index (Phi) is 7.56. The molecule has 42 heavy (non-hydrogen) atoms. The molecule has 3 heterocycles. The largest absolute Gasteiger partial charge is 0.435 e. The molecule has 0 radical (unpaired) electrons. The monoisotopic (exact) mass is 564 g/mol. The number of rotatable bonds is 7. The average Bonchev–Trinajstić information content (AvgIpc) is 3.48. The number of nitriles is 1. The Morgan fingerprint density at radius 2 is 1.83 bits per heavy atom. The van der Waals surface area contributed by atoms with E-state index >= 15 is 0 Å². The summed E-state index contributed by atoms with van der Waals surface area (Å²) in [6.45, 7) is 1.41. The highest BCUT2D eigenvalue weighted by Gasteiger charge is 2.22. The Labute approximate surface area is 240 Å². The first-order chi connectivity index (χ1) is 20.5. The second-order valence-electron chi connectivity index (χ2n) is 10.2. The van der Waals surface area contributed by atoms with Crippen LogP contribution in [0.2, 0.25) is 0 Å². The summed E-state index contributed by atoms with van der Waals surface area (Å²) in [6.07, 6.45) is 3.30. The molecule has 1 fully saturated rings. The number of aromatic nitrogens is 3. The molecule has 1 amide bonds. The van der Waals surface area contributed by atoms with Gasteiger partial charge in [0.2, 0.25) is 11.8 Å². The summed E-state index contributed by atoms with van der Waals surface area (Å²) in [5.74, 6) is 0.555. The van der Waals surface area contributed by atoms with Crippen molar-refractivity contribution in [1.29, 1.82) is 5.26 Å². The van der Waals surface area contributed by atoms with Crippen molar-refractivity contribution in [2.75, 3.05) is 24.5 Å². The lowest BCUT2D eigenvalue weighted by molar-refractivity contribution is 0.0945. The maximum absolute atomic E-state index is 14.6. The van der Waals surface area contributed by atoms with Gasteiger partial charge in [-0.3, -0.25) is 4.79 Å². The second kappa shape index (κ2) is 11.7. The Hall–Kier alpha value is -5.17. The number of carbonyl (C=O) groups excluding carboxylic acids is 1. The predicted molar refractivity (Wildman–Crippen MR) is 154 cm³/mol. The third kappa shape index (κ3) is 5.54. The van der Waals surface area contributed by atoms with Gasteiger partial charge in [0.25, 0.3) is 5.91 Å². The van der Waals surface area contributed by atoms with E-state index in [2.05, 4.69) is 26.3 Å². The first kappa shape index (κ1) is 27.0. The minimum atomic E-state index is -0.618. The minimum Gasteiger partial charge on any atom is -0.435 e. The highest BCUT2D eigenvalue weighted by molar-refractivity contribution is 5.95. The SMILES string of the molecule is N#Cc1cc(-c2ccccc2F)c2oc(-c3ccc(C(=O)NCC4CCN(c5nccc(CF)n5)CC4)cc3)nc2c1. The minimum absolute atomic E-state index is 0.180. The van der Waals surface area contributed by atoms with Gasteiger partial charge < -0.3 is 14.6 Å². The van der Waals surface area contributed by atoms with E-state index in [9.17, 15) is 18.8 Å². The van der Waals surface area contributed by atoms with Crippen LogP contribution in [0.5, 0.6) is 0 Å². The molecule has 1 N–H and O–H groups in total. The van der Waals surface area contributed by atoms with Crippen molar-refractivity contribution in [3.63, 3.8) is 0 Å². The fourth-order valence-electron chi connectivity index (χ4n) is 5.15. The van der Waals surface area contributed by atoms with Gasteiger partial charge in [0.1, 0.15) is 18.0 Å². The van der Waals surface area contributed by atoms with Gasteiger partial charge in [-0.1, -0.05) is 18.2 Å². The summed E-state index contributed by atoms with van der Waals surface area (Å²) in [7, 11) is 0. The van der Waals surface area contributed by atoms with Crippen LogP contribution >= 0.6 is 0 Å². The zero-order valence-corrected chi connectivity index (χ0v) is 22.6. The third-order valence-electron chi connectivity index (χ3n) is 7.46. The number of alkyl halides is 1. The molecule has 0 atom stereocenters. The molecular formula is C32H26F2N6O2. The topological polar surface area (TPSA) is 108 Å². The van der Waals surface area contributed by atoms with Crippen molar-refractivity contribution in [2.45, 2.75) is 19.5 Å². The molecule has 10 heteroatoms. The van der Waals surface area contributed by atoms with E-state index in [1.165, 1.54) is 6.07 Å². The second-order valence-corrected chi connectivity index (χ2v) is 10.2. The molecule has 0 aliphatic carbocycles. The predicted octanol–water partition coefficient (Wildman–Crippen LogP) is 6.08. The lowest BCUT2D eigenvalue weighted by Crippen LogP contribution is -2.39. The zero-order chi connectivity index (χ0) is 29.1. The number of amides is 1. The number of nitrogens with zero attached hydrogens (tertiary/aromatic N) is 5. The Morgan fingerprint density at radius 3 is 2.57 bits per heavy atom.